The molecule has 1 saturated heterocycles. The molecule has 2 rings (SSSR count). The highest BCUT2D eigenvalue weighted by atomic mass is 32.1. The molecule has 0 saturated carbocycles. The number of nitrogens with zero attached hydrogens (tertiary/aromatic N) is 2. The maximum absolute atomic E-state index is 12.2. The van der Waals surface area contributed by atoms with Gasteiger partial charge in [-0.05, 0) is 48.3 Å². The highest BCUT2D eigenvalue weighted by molar-refractivity contribution is 7.07. The van der Waals surface area contributed by atoms with Crippen molar-refractivity contribution in [3.63, 3.8) is 0 Å². The SMILES string of the molecule is COC(=O)C1CCN(CC(=O)N(C)Cc2ccsc2)CC1. The molecule has 0 spiro atoms. The molecule has 0 aromatic carbocycles. The minimum absolute atomic E-state index is 0.00936. The number of carbonyl (C=O) groups is 2. The van der Waals surface area contributed by atoms with Crippen molar-refractivity contribution in [1.82, 2.24) is 9.80 Å². The van der Waals surface area contributed by atoms with Gasteiger partial charge >= 0.3 is 5.97 Å². The maximum Gasteiger partial charge on any atom is 0.308 e. The molecule has 116 valence electrons. The molecule has 1 fully saturated rings. The van der Waals surface area contributed by atoms with Crippen LogP contribution in [0.1, 0.15) is 18.4 Å². The van der Waals surface area contributed by atoms with Crippen LogP contribution < -0.4 is 0 Å². The summed E-state index contributed by atoms with van der Waals surface area (Å²) in [5.74, 6) is -0.0156. The van der Waals surface area contributed by atoms with Gasteiger partial charge in [0.2, 0.25) is 5.91 Å². The average Bonchev–Trinajstić information content (AvgIpc) is 3.00. The lowest BCUT2D eigenvalue weighted by molar-refractivity contribution is -0.147. The quantitative estimate of drug-likeness (QED) is 0.775. The number of rotatable bonds is 5. The Labute approximate surface area is 129 Å². The van der Waals surface area contributed by atoms with Gasteiger partial charge in [-0.2, -0.15) is 11.3 Å². The van der Waals surface area contributed by atoms with Crippen LogP contribution in [0.5, 0.6) is 0 Å². The first-order valence-corrected chi connectivity index (χ1v) is 8.09. The number of esters is 1. The predicted octanol–water partition coefficient (Wildman–Crippen LogP) is 1.59. The summed E-state index contributed by atoms with van der Waals surface area (Å²) in [7, 11) is 3.26. The van der Waals surface area contributed by atoms with E-state index in [4.69, 9.17) is 4.74 Å². The fourth-order valence-corrected chi connectivity index (χ4v) is 3.21. The van der Waals surface area contributed by atoms with Crippen molar-refractivity contribution in [3.05, 3.63) is 22.4 Å². The minimum Gasteiger partial charge on any atom is -0.469 e. The van der Waals surface area contributed by atoms with E-state index in [2.05, 4.69) is 10.3 Å². The number of carbonyl (C=O) groups excluding carboxylic acids is 2. The van der Waals surface area contributed by atoms with E-state index in [1.807, 2.05) is 18.5 Å². The van der Waals surface area contributed by atoms with Crippen molar-refractivity contribution in [2.75, 3.05) is 33.8 Å². The zero-order valence-corrected chi connectivity index (χ0v) is 13.4. The van der Waals surface area contributed by atoms with Crippen LogP contribution in [0.2, 0.25) is 0 Å². The average molecular weight is 310 g/mol. The Morgan fingerprint density at radius 3 is 2.71 bits per heavy atom. The highest BCUT2D eigenvalue weighted by Gasteiger charge is 2.26. The van der Waals surface area contributed by atoms with E-state index in [1.165, 1.54) is 12.7 Å². The van der Waals surface area contributed by atoms with Crippen LogP contribution in [0.3, 0.4) is 0 Å². The zero-order chi connectivity index (χ0) is 15.2. The fraction of sp³-hybridized carbons (Fsp3) is 0.600. The Morgan fingerprint density at radius 1 is 1.43 bits per heavy atom. The number of hydrogen-bond acceptors (Lipinski definition) is 5. The lowest BCUT2D eigenvalue weighted by atomic mass is 9.97. The van der Waals surface area contributed by atoms with Gasteiger partial charge in [0.05, 0.1) is 19.6 Å². The lowest BCUT2D eigenvalue weighted by Gasteiger charge is -2.31. The van der Waals surface area contributed by atoms with Crippen LogP contribution >= 0.6 is 11.3 Å². The lowest BCUT2D eigenvalue weighted by Crippen LogP contribution is -2.43. The number of likely N-dealkylation sites (N-methyl/N-ethyl adjacent to an activating group) is 1. The van der Waals surface area contributed by atoms with Gasteiger partial charge in [-0.25, -0.2) is 0 Å². The zero-order valence-electron chi connectivity index (χ0n) is 12.6. The normalized spacial score (nSPS) is 16.7. The first-order valence-electron chi connectivity index (χ1n) is 7.15. The monoisotopic (exact) mass is 310 g/mol. The van der Waals surface area contributed by atoms with Crippen LogP contribution in [-0.2, 0) is 20.9 Å². The molecule has 0 atom stereocenters. The van der Waals surface area contributed by atoms with E-state index in [1.54, 1.807) is 16.2 Å². The summed E-state index contributed by atoms with van der Waals surface area (Å²) >= 11 is 1.64. The van der Waals surface area contributed by atoms with E-state index < -0.39 is 0 Å². The molecular weight excluding hydrogens is 288 g/mol. The van der Waals surface area contributed by atoms with E-state index in [-0.39, 0.29) is 17.8 Å². The second-order valence-electron chi connectivity index (χ2n) is 5.45. The van der Waals surface area contributed by atoms with Crippen molar-refractivity contribution >= 4 is 23.2 Å². The summed E-state index contributed by atoms with van der Waals surface area (Å²) in [6.45, 7) is 2.63. The summed E-state index contributed by atoms with van der Waals surface area (Å²) < 4.78 is 4.77. The molecule has 2 heterocycles. The Kier molecular flexibility index (Phi) is 5.76. The standard InChI is InChI=1S/C15H22N2O3S/c1-16(9-12-5-8-21-11-12)14(18)10-17-6-3-13(4-7-17)15(19)20-2/h5,8,11,13H,3-4,6-7,9-10H2,1-2H3. The highest BCUT2D eigenvalue weighted by Crippen LogP contribution is 2.18. The van der Waals surface area contributed by atoms with E-state index in [9.17, 15) is 9.59 Å². The van der Waals surface area contributed by atoms with Crippen molar-refractivity contribution in [1.29, 1.82) is 0 Å². The van der Waals surface area contributed by atoms with Gasteiger partial charge in [0, 0.05) is 13.6 Å². The Hall–Kier alpha value is -1.40. The molecule has 1 aromatic rings. The molecule has 1 aliphatic rings. The van der Waals surface area contributed by atoms with Crippen LogP contribution in [-0.4, -0.2) is 55.5 Å². The summed E-state index contributed by atoms with van der Waals surface area (Å²) in [4.78, 5) is 27.5. The Balaban J connectivity index is 1.75. The van der Waals surface area contributed by atoms with Crippen molar-refractivity contribution < 1.29 is 14.3 Å². The first kappa shape index (κ1) is 16.0. The van der Waals surface area contributed by atoms with Gasteiger partial charge in [-0.1, -0.05) is 0 Å². The first-order chi connectivity index (χ1) is 10.1. The van der Waals surface area contributed by atoms with Crippen molar-refractivity contribution in [2.24, 2.45) is 5.92 Å². The Bertz CT molecular complexity index is 467. The summed E-state index contributed by atoms with van der Waals surface area (Å²) in [6.07, 6.45) is 1.54. The van der Waals surface area contributed by atoms with Gasteiger partial charge < -0.3 is 9.64 Å². The number of amides is 1. The van der Waals surface area contributed by atoms with Crippen LogP contribution in [0.4, 0.5) is 0 Å². The summed E-state index contributed by atoms with van der Waals surface area (Å²) in [5, 5.41) is 4.08. The molecule has 1 amide bonds. The smallest absolute Gasteiger partial charge is 0.308 e. The molecular formula is C15H22N2O3S. The molecule has 0 aliphatic carbocycles. The summed E-state index contributed by atoms with van der Waals surface area (Å²) in [5.41, 5.74) is 1.17. The Morgan fingerprint density at radius 2 is 2.14 bits per heavy atom. The third kappa shape index (κ3) is 4.54. The van der Waals surface area contributed by atoms with E-state index >= 15 is 0 Å². The topological polar surface area (TPSA) is 49.9 Å². The molecule has 1 aromatic heterocycles. The number of hydrogen-bond donors (Lipinski definition) is 0. The molecule has 0 unspecified atom stereocenters. The van der Waals surface area contributed by atoms with Gasteiger partial charge in [0.1, 0.15) is 0 Å². The van der Waals surface area contributed by atoms with Crippen LogP contribution in [0, 0.1) is 5.92 Å². The largest absolute Gasteiger partial charge is 0.469 e. The summed E-state index contributed by atoms with van der Waals surface area (Å²) in [6, 6.07) is 2.04. The van der Waals surface area contributed by atoms with E-state index in [0.717, 1.165) is 25.9 Å². The van der Waals surface area contributed by atoms with Crippen LogP contribution in [0.15, 0.2) is 16.8 Å². The second kappa shape index (κ2) is 7.56. The number of piperidine rings is 1. The molecule has 21 heavy (non-hydrogen) atoms. The molecule has 0 radical (unpaired) electrons. The van der Waals surface area contributed by atoms with Gasteiger partial charge in [0.25, 0.3) is 0 Å². The third-order valence-electron chi connectivity index (χ3n) is 3.91. The molecule has 0 bridgehead atoms. The number of thiophene rings is 1. The number of likely N-dealkylation sites (tertiary alicyclic amines) is 1. The third-order valence-corrected chi connectivity index (χ3v) is 4.64. The van der Waals surface area contributed by atoms with E-state index in [0.29, 0.717) is 13.1 Å². The van der Waals surface area contributed by atoms with Gasteiger partial charge in [-0.3, -0.25) is 14.5 Å². The fourth-order valence-electron chi connectivity index (χ4n) is 2.55. The molecule has 6 heteroatoms. The number of methoxy groups -OCH3 is 1. The maximum atomic E-state index is 12.2. The second-order valence-corrected chi connectivity index (χ2v) is 6.24. The predicted molar refractivity (Wildman–Crippen MR) is 82.0 cm³/mol. The van der Waals surface area contributed by atoms with Crippen molar-refractivity contribution in [2.45, 2.75) is 19.4 Å². The van der Waals surface area contributed by atoms with Gasteiger partial charge in [0.15, 0.2) is 0 Å². The molecule has 1 aliphatic heterocycles. The van der Waals surface area contributed by atoms with Crippen molar-refractivity contribution in [3.8, 4) is 0 Å². The van der Waals surface area contributed by atoms with Crippen LogP contribution in [0.25, 0.3) is 0 Å². The number of ether oxygens (including phenoxy) is 1. The minimum atomic E-state index is -0.129. The molecule has 5 nitrogen and oxygen atoms in total. The molecule has 0 N–H and O–H groups in total. The van der Waals surface area contributed by atoms with Gasteiger partial charge in [-0.15, -0.1) is 0 Å².